The SMILES string of the molecule is Cc1cccc(NC(=O)C2CC(=O)N(c3ccc(C(C)C)cc3)C2)n1. The van der Waals surface area contributed by atoms with Gasteiger partial charge in [0.15, 0.2) is 0 Å². The number of rotatable bonds is 4. The maximum atomic E-state index is 12.5. The molecule has 1 saturated heterocycles. The van der Waals surface area contributed by atoms with Gasteiger partial charge in [-0.3, -0.25) is 9.59 Å². The number of carbonyl (C=O) groups is 2. The molecule has 1 unspecified atom stereocenters. The summed E-state index contributed by atoms with van der Waals surface area (Å²) < 4.78 is 0. The molecule has 5 heteroatoms. The van der Waals surface area contributed by atoms with Gasteiger partial charge in [0, 0.05) is 24.3 Å². The number of anilines is 2. The zero-order valence-electron chi connectivity index (χ0n) is 14.8. The third-order valence-electron chi connectivity index (χ3n) is 4.51. The highest BCUT2D eigenvalue weighted by molar-refractivity contribution is 6.03. The first-order valence-electron chi connectivity index (χ1n) is 8.59. The first-order valence-corrected chi connectivity index (χ1v) is 8.59. The van der Waals surface area contributed by atoms with Crippen LogP contribution in [-0.2, 0) is 9.59 Å². The highest BCUT2D eigenvalue weighted by Crippen LogP contribution is 2.27. The second kappa shape index (κ2) is 7.05. The third kappa shape index (κ3) is 3.87. The summed E-state index contributed by atoms with van der Waals surface area (Å²) in [6.07, 6.45) is 0.226. The third-order valence-corrected chi connectivity index (χ3v) is 4.51. The van der Waals surface area contributed by atoms with Gasteiger partial charge in [-0.1, -0.05) is 32.0 Å². The number of aromatic nitrogens is 1. The minimum absolute atomic E-state index is 0.0188. The molecular formula is C20H23N3O2. The van der Waals surface area contributed by atoms with E-state index in [0.29, 0.717) is 18.3 Å². The quantitative estimate of drug-likeness (QED) is 0.929. The van der Waals surface area contributed by atoms with Crippen molar-refractivity contribution in [3.8, 4) is 0 Å². The largest absolute Gasteiger partial charge is 0.312 e. The lowest BCUT2D eigenvalue weighted by Gasteiger charge is -2.17. The highest BCUT2D eigenvalue weighted by atomic mass is 16.2. The van der Waals surface area contributed by atoms with Crippen LogP contribution in [0.15, 0.2) is 42.5 Å². The van der Waals surface area contributed by atoms with Crippen LogP contribution in [-0.4, -0.2) is 23.3 Å². The van der Waals surface area contributed by atoms with Gasteiger partial charge in [-0.15, -0.1) is 0 Å². The van der Waals surface area contributed by atoms with Gasteiger partial charge in [0.05, 0.1) is 5.92 Å². The van der Waals surface area contributed by atoms with Crippen LogP contribution in [0.2, 0.25) is 0 Å². The van der Waals surface area contributed by atoms with E-state index in [4.69, 9.17) is 0 Å². The number of pyridine rings is 1. The van der Waals surface area contributed by atoms with Crippen molar-refractivity contribution >= 4 is 23.3 Å². The lowest BCUT2D eigenvalue weighted by atomic mass is 10.0. The van der Waals surface area contributed by atoms with Gasteiger partial charge in [-0.2, -0.15) is 0 Å². The average molecular weight is 337 g/mol. The second-order valence-corrected chi connectivity index (χ2v) is 6.81. The van der Waals surface area contributed by atoms with Crippen molar-refractivity contribution in [2.24, 2.45) is 5.92 Å². The van der Waals surface area contributed by atoms with E-state index in [-0.39, 0.29) is 24.2 Å². The summed E-state index contributed by atoms with van der Waals surface area (Å²) in [6, 6.07) is 13.5. The van der Waals surface area contributed by atoms with Crippen molar-refractivity contribution in [1.82, 2.24) is 4.98 Å². The lowest BCUT2D eigenvalue weighted by Crippen LogP contribution is -2.28. The summed E-state index contributed by atoms with van der Waals surface area (Å²) >= 11 is 0. The molecule has 2 amide bonds. The monoisotopic (exact) mass is 337 g/mol. The fourth-order valence-electron chi connectivity index (χ4n) is 3.01. The van der Waals surface area contributed by atoms with Gasteiger partial charge in [0.1, 0.15) is 5.82 Å². The Morgan fingerprint density at radius 1 is 1.20 bits per heavy atom. The van der Waals surface area contributed by atoms with E-state index in [2.05, 4.69) is 24.1 Å². The van der Waals surface area contributed by atoms with Crippen LogP contribution in [0.1, 0.15) is 37.4 Å². The minimum atomic E-state index is -0.361. The molecule has 130 valence electrons. The summed E-state index contributed by atoms with van der Waals surface area (Å²) in [5, 5.41) is 2.81. The van der Waals surface area contributed by atoms with Gasteiger partial charge in [-0.05, 0) is 42.7 Å². The number of nitrogens with zero attached hydrogens (tertiary/aromatic N) is 2. The summed E-state index contributed by atoms with van der Waals surface area (Å²) in [4.78, 5) is 30.8. The Kier molecular flexibility index (Phi) is 4.83. The summed E-state index contributed by atoms with van der Waals surface area (Å²) in [6.45, 7) is 6.54. The van der Waals surface area contributed by atoms with E-state index < -0.39 is 0 Å². The molecule has 2 aromatic rings. The molecule has 1 fully saturated rings. The number of nitrogens with one attached hydrogen (secondary N) is 1. The van der Waals surface area contributed by atoms with Crippen LogP contribution in [0.3, 0.4) is 0 Å². The number of amides is 2. The molecule has 0 bridgehead atoms. The van der Waals surface area contributed by atoms with Gasteiger partial charge in [-0.25, -0.2) is 4.98 Å². The van der Waals surface area contributed by atoms with Crippen LogP contribution in [0.4, 0.5) is 11.5 Å². The topological polar surface area (TPSA) is 62.3 Å². The Bertz CT molecular complexity index is 784. The molecule has 0 spiro atoms. The molecule has 1 aliphatic rings. The molecule has 0 radical (unpaired) electrons. The molecule has 0 aliphatic carbocycles. The van der Waals surface area contributed by atoms with E-state index >= 15 is 0 Å². The molecule has 1 aromatic carbocycles. The van der Waals surface area contributed by atoms with Gasteiger partial charge in [0.25, 0.3) is 0 Å². The van der Waals surface area contributed by atoms with Gasteiger partial charge < -0.3 is 10.2 Å². The summed E-state index contributed by atoms with van der Waals surface area (Å²) in [5.41, 5.74) is 2.92. The van der Waals surface area contributed by atoms with Gasteiger partial charge in [0.2, 0.25) is 11.8 Å². The number of hydrogen-bond donors (Lipinski definition) is 1. The smallest absolute Gasteiger partial charge is 0.230 e. The number of aryl methyl sites for hydroxylation is 1. The van der Waals surface area contributed by atoms with Crippen LogP contribution in [0.5, 0.6) is 0 Å². The molecule has 2 heterocycles. The number of benzene rings is 1. The average Bonchev–Trinajstić information content (AvgIpc) is 2.97. The van der Waals surface area contributed by atoms with Crippen molar-refractivity contribution in [2.75, 3.05) is 16.8 Å². The van der Waals surface area contributed by atoms with E-state index in [1.807, 2.05) is 43.3 Å². The van der Waals surface area contributed by atoms with Crippen molar-refractivity contribution in [3.63, 3.8) is 0 Å². The molecule has 25 heavy (non-hydrogen) atoms. The summed E-state index contributed by atoms with van der Waals surface area (Å²) in [7, 11) is 0. The Balaban J connectivity index is 1.68. The van der Waals surface area contributed by atoms with E-state index in [9.17, 15) is 9.59 Å². The highest BCUT2D eigenvalue weighted by Gasteiger charge is 2.35. The number of carbonyl (C=O) groups excluding carboxylic acids is 2. The van der Waals surface area contributed by atoms with E-state index in [1.54, 1.807) is 11.0 Å². The zero-order valence-corrected chi connectivity index (χ0v) is 14.8. The van der Waals surface area contributed by atoms with E-state index in [0.717, 1.165) is 11.4 Å². The molecule has 1 N–H and O–H groups in total. The van der Waals surface area contributed by atoms with Gasteiger partial charge >= 0.3 is 0 Å². The van der Waals surface area contributed by atoms with Crippen LogP contribution >= 0.6 is 0 Å². The van der Waals surface area contributed by atoms with Crippen LogP contribution in [0, 0.1) is 12.8 Å². The summed E-state index contributed by atoms with van der Waals surface area (Å²) in [5.74, 6) is 0.433. The zero-order chi connectivity index (χ0) is 18.0. The maximum Gasteiger partial charge on any atom is 0.230 e. The normalized spacial score (nSPS) is 17.2. The Hall–Kier alpha value is -2.69. The molecule has 1 atom stereocenters. The molecule has 3 rings (SSSR count). The van der Waals surface area contributed by atoms with Crippen molar-refractivity contribution < 1.29 is 9.59 Å². The predicted molar refractivity (Wildman–Crippen MR) is 98.6 cm³/mol. The molecular weight excluding hydrogens is 314 g/mol. The molecule has 1 aliphatic heterocycles. The standard InChI is InChI=1S/C20H23N3O2/c1-13(2)15-7-9-17(10-8-15)23-12-16(11-19(23)24)20(25)22-18-6-4-5-14(3)21-18/h4-10,13,16H,11-12H2,1-3H3,(H,21,22,25). The fourth-order valence-corrected chi connectivity index (χ4v) is 3.01. The Morgan fingerprint density at radius 3 is 2.56 bits per heavy atom. The fraction of sp³-hybridized carbons (Fsp3) is 0.350. The van der Waals surface area contributed by atoms with Crippen molar-refractivity contribution in [3.05, 3.63) is 53.7 Å². The van der Waals surface area contributed by atoms with Crippen LogP contribution in [0.25, 0.3) is 0 Å². The predicted octanol–water partition coefficient (Wildman–Crippen LogP) is 3.51. The first kappa shape index (κ1) is 17.1. The minimum Gasteiger partial charge on any atom is -0.312 e. The van der Waals surface area contributed by atoms with E-state index in [1.165, 1.54) is 5.56 Å². The van der Waals surface area contributed by atoms with Crippen molar-refractivity contribution in [2.45, 2.75) is 33.1 Å². The molecule has 1 aromatic heterocycles. The first-order chi connectivity index (χ1) is 11.9. The molecule has 0 saturated carbocycles. The maximum absolute atomic E-state index is 12.5. The molecule has 5 nitrogen and oxygen atoms in total. The lowest BCUT2D eigenvalue weighted by molar-refractivity contribution is -0.122. The Labute approximate surface area is 148 Å². The number of hydrogen-bond acceptors (Lipinski definition) is 3. The second-order valence-electron chi connectivity index (χ2n) is 6.81. The Morgan fingerprint density at radius 2 is 1.92 bits per heavy atom. The van der Waals surface area contributed by atoms with Crippen molar-refractivity contribution in [1.29, 1.82) is 0 Å². The van der Waals surface area contributed by atoms with Crippen LogP contribution < -0.4 is 10.2 Å².